The number of carboxylic acid groups (broad SMARTS) is 1. The van der Waals surface area contributed by atoms with Gasteiger partial charge in [-0.05, 0) is 30.9 Å². The van der Waals surface area contributed by atoms with Crippen LogP contribution < -0.4 is 26.5 Å². The maximum atomic E-state index is 13.0. The van der Waals surface area contributed by atoms with Gasteiger partial charge in [-0.1, -0.05) is 0 Å². The van der Waals surface area contributed by atoms with Gasteiger partial charge >= 0.3 is 12.1 Å². The van der Waals surface area contributed by atoms with E-state index in [4.69, 9.17) is 26.2 Å². The van der Waals surface area contributed by atoms with Gasteiger partial charge in [0, 0.05) is 6.07 Å². The zero-order valence-electron chi connectivity index (χ0n) is 12.4. The minimum atomic E-state index is -4.63. The molecule has 2 rings (SSSR count). The summed E-state index contributed by atoms with van der Waals surface area (Å²) >= 11 is 0. The maximum Gasteiger partial charge on any atom is 0.416 e. The molecule has 1 fully saturated rings. The molecule has 0 amide bonds. The molecule has 132 valence electrons. The first-order chi connectivity index (χ1) is 11.2. The Morgan fingerprint density at radius 3 is 2.42 bits per heavy atom. The second-order valence-corrected chi connectivity index (χ2v) is 5.24. The highest BCUT2D eigenvalue weighted by atomic mass is 19.4. The largest absolute Gasteiger partial charge is 0.493 e. The Balaban J connectivity index is 2.29. The van der Waals surface area contributed by atoms with Crippen LogP contribution in [0.2, 0.25) is 0 Å². The summed E-state index contributed by atoms with van der Waals surface area (Å²) in [6.07, 6.45) is -2.68. The lowest BCUT2D eigenvalue weighted by molar-refractivity contribution is -0.138. The molecule has 0 bridgehead atoms. The van der Waals surface area contributed by atoms with Crippen LogP contribution in [0.1, 0.15) is 18.4 Å². The van der Waals surface area contributed by atoms with Crippen LogP contribution in [-0.4, -0.2) is 17.7 Å². The second-order valence-electron chi connectivity index (χ2n) is 5.24. The van der Waals surface area contributed by atoms with Gasteiger partial charge in [-0.25, -0.2) is 4.79 Å². The Bertz CT molecular complexity index is 657. The number of hydrogen-bond acceptors (Lipinski definition) is 6. The zero-order chi connectivity index (χ0) is 17.9. The smallest absolute Gasteiger partial charge is 0.416 e. The molecule has 6 N–H and O–H groups in total. The average molecular weight is 347 g/mol. The first-order valence-corrected chi connectivity index (χ1v) is 6.93. The summed E-state index contributed by atoms with van der Waals surface area (Å²) in [6, 6.07) is 2.72. The summed E-state index contributed by atoms with van der Waals surface area (Å²) in [4.78, 5) is 10.9. The number of carbonyl (C=O) groups is 1. The Hall–Kier alpha value is -2.62. The van der Waals surface area contributed by atoms with Gasteiger partial charge < -0.3 is 25.7 Å². The molecule has 0 heterocycles. The number of hydrogen-bond donors (Lipinski definition) is 4. The summed E-state index contributed by atoms with van der Waals surface area (Å²) in [5.41, 5.74) is 5.53. The summed E-state index contributed by atoms with van der Waals surface area (Å²) in [7, 11) is 0. The highest BCUT2D eigenvalue weighted by Crippen LogP contribution is 2.36. The van der Waals surface area contributed by atoms with Crippen molar-refractivity contribution in [1.82, 2.24) is 5.43 Å². The minimum absolute atomic E-state index is 0.0443. The molecule has 10 heteroatoms. The van der Waals surface area contributed by atoms with E-state index in [1.807, 2.05) is 0 Å². The fourth-order valence-corrected chi connectivity index (χ4v) is 1.79. The third-order valence-electron chi connectivity index (χ3n) is 3.22. The van der Waals surface area contributed by atoms with E-state index in [9.17, 15) is 18.0 Å². The number of ether oxygens (including phenoxy) is 2. The van der Waals surface area contributed by atoms with Crippen LogP contribution in [0.15, 0.2) is 29.8 Å². The number of halogens is 3. The third-order valence-corrected chi connectivity index (χ3v) is 3.22. The predicted octanol–water partition coefficient (Wildman–Crippen LogP) is 1.55. The number of carboxylic acids is 1. The van der Waals surface area contributed by atoms with Crippen LogP contribution in [0.5, 0.6) is 11.5 Å². The molecule has 24 heavy (non-hydrogen) atoms. The van der Waals surface area contributed by atoms with Gasteiger partial charge in [0.15, 0.2) is 5.70 Å². The van der Waals surface area contributed by atoms with Crippen molar-refractivity contribution in [2.45, 2.75) is 19.0 Å². The molecule has 0 radical (unpaired) electrons. The van der Waals surface area contributed by atoms with Gasteiger partial charge in [0.05, 0.1) is 12.2 Å². The fourth-order valence-electron chi connectivity index (χ4n) is 1.79. The van der Waals surface area contributed by atoms with Gasteiger partial charge in [-0.2, -0.15) is 13.2 Å². The Labute approximate surface area is 135 Å². The highest BCUT2D eigenvalue weighted by molar-refractivity contribution is 5.86. The van der Waals surface area contributed by atoms with E-state index in [1.165, 1.54) is 6.07 Å². The molecule has 1 aliphatic rings. The number of hydrazine groups is 1. The molecular weight excluding hydrogens is 331 g/mol. The van der Waals surface area contributed by atoms with Crippen molar-refractivity contribution in [2.24, 2.45) is 17.5 Å². The quantitative estimate of drug-likeness (QED) is 0.256. The normalized spacial score (nSPS) is 15.5. The first-order valence-electron chi connectivity index (χ1n) is 6.93. The van der Waals surface area contributed by atoms with Crippen molar-refractivity contribution in [2.75, 3.05) is 6.61 Å². The van der Waals surface area contributed by atoms with Crippen LogP contribution in [0.4, 0.5) is 13.2 Å². The SMILES string of the molecule is NN/C(C(=O)O)=C(\N)Oc1cc(OCC2CC2)cc(C(F)(F)F)c1. The lowest BCUT2D eigenvalue weighted by Gasteiger charge is -2.14. The topological polar surface area (TPSA) is 120 Å². The molecule has 1 aliphatic carbocycles. The van der Waals surface area contributed by atoms with Crippen molar-refractivity contribution in [1.29, 1.82) is 0 Å². The van der Waals surface area contributed by atoms with E-state index < -0.39 is 29.3 Å². The van der Waals surface area contributed by atoms with Crippen LogP contribution in [-0.2, 0) is 11.0 Å². The van der Waals surface area contributed by atoms with Crippen molar-refractivity contribution in [3.8, 4) is 11.5 Å². The molecule has 0 unspecified atom stereocenters. The lowest BCUT2D eigenvalue weighted by Crippen LogP contribution is -2.31. The summed E-state index contributed by atoms with van der Waals surface area (Å²) < 4.78 is 49.2. The maximum absolute atomic E-state index is 13.0. The van der Waals surface area contributed by atoms with Gasteiger partial charge in [-0.3, -0.25) is 5.84 Å². The lowest BCUT2D eigenvalue weighted by atomic mass is 10.2. The van der Waals surface area contributed by atoms with Crippen LogP contribution in [0.25, 0.3) is 0 Å². The van der Waals surface area contributed by atoms with Crippen molar-refractivity contribution in [3.05, 3.63) is 35.3 Å². The second kappa shape index (κ2) is 6.87. The number of benzene rings is 1. The molecule has 0 atom stereocenters. The average Bonchev–Trinajstić information content (AvgIpc) is 3.28. The van der Waals surface area contributed by atoms with E-state index >= 15 is 0 Å². The van der Waals surface area contributed by atoms with Gasteiger partial charge in [-0.15, -0.1) is 0 Å². The Morgan fingerprint density at radius 1 is 1.29 bits per heavy atom. The van der Waals surface area contributed by atoms with E-state index in [0.29, 0.717) is 18.6 Å². The molecule has 0 spiro atoms. The van der Waals surface area contributed by atoms with Crippen LogP contribution in [0.3, 0.4) is 0 Å². The molecule has 1 aromatic carbocycles. The number of rotatable bonds is 7. The van der Waals surface area contributed by atoms with Gasteiger partial charge in [0.1, 0.15) is 11.5 Å². The van der Waals surface area contributed by atoms with Gasteiger partial charge in [0.2, 0.25) is 5.88 Å². The molecule has 0 aliphatic heterocycles. The number of aliphatic carboxylic acids is 1. The monoisotopic (exact) mass is 347 g/mol. The minimum Gasteiger partial charge on any atom is -0.493 e. The predicted molar refractivity (Wildman–Crippen MR) is 76.5 cm³/mol. The molecule has 0 saturated heterocycles. The van der Waals surface area contributed by atoms with E-state index in [2.05, 4.69) is 0 Å². The summed E-state index contributed by atoms with van der Waals surface area (Å²) in [5, 5.41) is 8.85. The molecule has 0 aromatic heterocycles. The molecule has 1 saturated carbocycles. The Morgan fingerprint density at radius 2 is 1.92 bits per heavy atom. The number of alkyl halides is 3. The van der Waals surface area contributed by atoms with E-state index in [1.54, 1.807) is 5.43 Å². The first kappa shape index (κ1) is 17.7. The molecule has 7 nitrogen and oxygen atoms in total. The fraction of sp³-hybridized carbons (Fsp3) is 0.357. The Kier molecular flexibility index (Phi) is 5.07. The van der Waals surface area contributed by atoms with E-state index in [-0.39, 0.29) is 11.5 Å². The van der Waals surface area contributed by atoms with Gasteiger partial charge in [0.25, 0.3) is 0 Å². The molecular formula is C14H16F3N3O4. The number of nitrogens with two attached hydrogens (primary N) is 2. The summed E-state index contributed by atoms with van der Waals surface area (Å²) in [5.74, 6) is 2.77. The van der Waals surface area contributed by atoms with Crippen LogP contribution >= 0.6 is 0 Å². The molecule has 1 aromatic rings. The zero-order valence-corrected chi connectivity index (χ0v) is 12.4. The van der Waals surface area contributed by atoms with Crippen molar-refractivity contribution in [3.63, 3.8) is 0 Å². The van der Waals surface area contributed by atoms with Crippen LogP contribution in [0, 0.1) is 5.92 Å². The van der Waals surface area contributed by atoms with E-state index in [0.717, 1.165) is 18.9 Å². The van der Waals surface area contributed by atoms with Crippen molar-refractivity contribution < 1.29 is 32.5 Å². The van der Waals surface area contributed by atoms with Crippen molar-refractivity contribution >= 4 is 5.97 Å². The third kappa shape index (κ3) is 4.69. The number of nitrogens with one attached hydrogen (secondary N) is 1. The standard InChI is InChI=1S/C14H16F3N3O4/c15-14(16,17)8-3-9(23-6-7-1-2-7)5-10(4-8)24-12(18)11(20-19)13(21)22/h3-5,7,20H,1-2,6,18-19H2,(H,21,22)/b12-11+. The summed E-state index contributed by atoms with van der Waals surface area (Å²) in [6.45, 7) is 0.302. The highest BCUT2D eigenvalue weighted by Gasteiger charge is 2.32.